The standard InChI is InChI=1S/C26H20O/c1-17-5-3-7-19(13-17)21-9-11-25-23(15-21)24-16-22(10-12-26(24)27-25)20-8-4-6-18(2)14-20/h3-16H,1-2H3. The van der Waals surface area contributed by atoms with Crippen LogP contribution in [0.2, 0.25) is 0 Å². The number of hydrogen-bond donors (Lipinski definition) is 0. The van der Waals surface area contributed by atoms with Gasteiger partial charge in [-0.05, 0) is 60.4 Å². The summed E-state index contributed by atoms with van der Waals surface area (Å²) < 4.78 is 6.08. The second-order valence-corrected chi connectivity index (χ2v) is 7.26. The number of fused-ring (bicyclic) bond motifs is 3. The predicted octanol–water partition coefficient (Wildman–Crippen LogP) is 7.54. The summed E-state index contributed by atoms with van der Waals surface area (Å²) in [5, 5.41) is 2.33. The van der Waals surface area contributed by atoms with Gasteiger partial charge < -0.3 is 4.42 Å². The molecule has 0 unspecified atom stereocenters. The zero-order chi connectivity index (χ0) is 18.4. The molecule has 1 heterocycles. The zero-order valence-electron chi connectivity index (χ0n) is 15.5. The molecular weight excluding hydrogens is 328 g/mol. The van der Waals surface area contributed by atoms with Crippen molar-refractivity contribution in [2.24, 2.45) is 0 Å². The third-order valence-corrected chi connectivity index (χ3v) is 5.17. The Kier molecular flexibility index (Phi) is 3.61. The third kappa shape index (κ3) is 2.82. The highest BCUT2D eigenvalue weighted by Crippen LogP contribution is 2.35. The van der Waals surface area contributed by atoms with Crippen molar-refractivity contribution in [3.63, 3.8) is 0 Å². The van der Waals surface area contributed by atoms with E-state index in [1.165, 1.54) is 44.2 Å². The maximum Gasteiger partial charge on any atom is 0.135 e. The van der Waals surface area contributed by atoms with E-state index in [0.29, 0.717) is 0 Å². The minimum absolute atomic E-state index is 0.933. The molecule has 0 bridgehead atoms. The highest BCUT2D eigenvalue weighted by Gasteiger charge is 2.10. The molecule has 0 aliphatic carbocycles. The first-order valence-corrected chi connectivity index (χ1v) is 9.28. The van der Waals surface area contributed by atoms with E-state index in [0.717, 1.165) is 11.2 Å². The molecule has 0 amide bonds. The average Bonchev–Trinajstić information content (AvgIpc) is 3.05. The minimum Gasteiger partial charge on any atom is -0.456 e. The predicted molar refractivity (Wildman–Crippen MR) is 114 cm³/mol. The molecule has 0 atom stereocenters. The summed E-state index contributed by atoms with van der Waals surface area (Å²) in [7, 11) is 0. The van der Waals surface area contributed by atoms with Crippen LogP contribution >= 0.6 is 0 Å². The van der Waals surface area contributed by atoms with Crippen LogP contribution in [0.1, 0.15) is 11.1 Å². The maximum absolute atomic E-state index is 6.08. The molecule has 1 heteroatoms. The highest BCUT2D eigenvalue weighted by atomic mass is 16.3. The van der Waals surface area contributed by atoms with Crippen LogP contribution in [0.5, 0.6) is 0 Å². The summed E-state index contributed by atoms with van der Waals surface area (Å²) in [6, 6.07) is 30.2. The van der Waals surface area contributed by atoms with E-state index in [2.05, 4.69) is 98.8 Å². The summed E-state index contributed by atoms with van der Waals surface area (Å²) in [6.45, 7) is 4.26. The maximum atomic E-state index is 6.08. The topological polar surface area (TPSA) is 13.1 Å². The van der Waals surface area contributed by atoms with E-state index < -0.39 is 0 Å². The van der Waals surface area contributed by atoms with Gasteiger partial charge in [-0.25, -0.2) is 0 Å². The Morgan fingerprint density at radius 3 is 1.37 bits per heavy atom. The van der Waals surface area contributed by atoms with Gasteiger partial charge in [-0.3, -0.25) is 0 Å². The van der Waals surface area contributed by atoms with Gasteiger partial charge in [0.2, 0.25) is 0 Å². The molecule has 0 fully saturated rings. The van der Waals surface area contributed by atoms with Crippen molar-refractivity contribution in [3.8, 4) is 22.3 Å². The lowest BCUT2D eigenvalue weighted by Gasteiger charge is -2.04. The van der Waals surface area contributed by atoms with E-state index in [4.69, 9.17) is 4.42 Å². The zero-order valence-corrected chi connectivity index (χ0v) is 15.5. The van der Waals surface area contributed by atoms with Crippen LogP contribution < -0.4 is 0 Å². The third-order valence-electron chi connectivity index (χ3n) is 5.17. The summed E-state index contributed by atoms with van der Waals surface area (Å²) in [5.74, 6) is 0. The first kappa shape index (κ1) is 15.9. The summed E-state index contributed by atoms with van der Waals surface area (Å²) in [6.07, 6.45) is 0. The van der Waals surface area contributed by atoms with Crippen molar-refractivity contribution >= 4 is 21.9 Å². The van der Waals surface area contributed by atoms with Crippen molar-refractivity contribution in [2.75, 3.05) is 0 Å². The van der Waals surface area contributed by atoms with Crippen molar-refractivity contribution < 1.29 is 4.42 Å². The van der Waals surface area contributed by atoms with Gasteiger partial charge in [-0.15, -0.1) is 0 Å². The molecule has 0 aliphatic heterocycles. The lowest BCUT2D eigenvalue weighted by molar-refractivity contribution is 0.669. The molecule has 130 valence electrons. The van der Waals surface area contributed by atoms with Gasteiger partial charge in [-0.2, -0.15) is 0 Å². The summed E-state index contributed by atoms with van der Waals surface area (Å²) >= 11 is 0. The van der Waals surface area contributed by atoms with E-state index in [9.17, 15) is 0 Å². The van der Waals surface area contributed by atoms with E-state index in [1.807, 2.05) is 0 Å². The fourth-order valence-electron chi connectivity index (χ4n) is 3.79. The molecule has 1 aromatic heterocycles. The van der Waals surface area contributed by atoms with Crippen molar-refractivity contribution in [1.82, 2.24) is 0 Å². The highest BCUT2D eigenvalue weighted by molar-refractivity contribution is 6.07. The van der Waals surface area contributed by atoms with Gasteiger partial charge in [0.25, 0.3) is 0 Å². The van der Waals surface area contributed by atoms with E-state index >= 15 is 0 Å². The molecule has 5 rings (SSSR count). The molecule has 4 aromatic carbocycles. The van der Waals surface area contributed by atoms with Gasteiger partial charge in [-0.1, -0.05) is 71.8 Å². The van der Waals surface area contributed by atoms with E-state index in [-0.39, 0.29) is 0 Å². The number of rotatable bonds is 2. The van der Waals surface area contributed by atoms with Crippen LogP contribution in [0, 0.1) is 13.8 Å². The van der Waals surface area contributed by atoms with Gasteiger partial charge in [0.1, 0.15) is 11.2 Å². The van der Waals surface area contributed by atoms with Crippen molar-refractivity contribution in [1.29, 1.82) is 0 Å². The Morgan fingerprint density at radius 1 is 0.481 bits per heavy atom. The Morgan fingerprint density at radius 2 is 0.926 bits per heavy atom. The molecule has 0 spiro atoms. The normalized spacial score (nSPS) is 11.3. The largest absolute Gasteiger partial charge is 0.456 e. The van der Waals surface area contributed by atoms with Crippen LogP contribution in [0.15, 0.2) is 89.3 Å². The molecular formula is C26H20O. The minimum atomic E-state index is 0.933. The number of hydrogen-bond acceptors (Lipinski definition) is 1. The monoisotopic (exact) mass is 348 g/mol. The Bertz CT molecular complexity index is 1190. The smallest absolute Gasteiger partial charge is 0.135 e. The van der Waals surface area contributed by atoms with E-state index in [1.54, 1.807) is 0 Å². The SMILES string of the molecule is Cc1cccc(-c2ccc3oc4ccc(-c5cccc(C)c5)cc4c3c2)c1. The molecule has 27 heavy (non-hydrogen) atoms. The van der Waals surface area contributed by atoms with Gasteiger partial charge >= 0.3 is 0 Å². The quantitative estimate of drug-likeness (QED) is 0.321. The molecule has 0 N–H and O–H groups in total. The fourth-order valence-corrected chi connectivity index (χ4v) is 3.79. The lowest BCUT2D eigenvalue weighted by atomic mass is 9.99. The Balaban J connectivity index is 1.71. The summed E-state index contributed by atoms with van der Waals surface area (Å²) in [4.78, 5) is 0. The molecule has 0 radical (unpaired) electrons. The molecule has 1 nitrogen and oxygen atoms in total. The van der Waals surface area contributed by atoms with Crippen LogP contribution in [-0.2, 0) is 0 Å². The average molecular weight is 348 g/mol. The molecule has 0 aliphatic rings. The fraction of sp³-hybridized carbons (Fsp3) is 0.0769. The second kappa shape index (κ2) is 6.14. The molecule has 0 saturated heterocycles. The van der Waals surface area contributed by atoms with Crippen LogP contribution in [0.3, 0.4) is 0 Å². The second-order valence-electron chi connectivity index (χ2n) is 7.26. The Hall–Kier alpha value is -3.32. The lowest BCUT2D eigenvalue weighted by Crippen LogP contribution is -1.80. The van der Waals surface area contributed by atoms with Crippen LogP contribution in [0.4, 0.5) is 0 Å². The first-order valence-electron chi connectivity index (χ1n) is 9.28. The van der Waals surface area contributed by atoms with Gasteiger partial charge in [0.15, 0.2) is 0 Å². The van der Waals surface area contributed by atoms with Crippen LogP contribution in [-0.4, -0.2) is 0 Å². The molecule has 5 aromatic rings. The van der Waals surface area contributed by atoms with Gasteiger partial charge in [0, 0.05) is 10.8 Å². The summed E-state index contributed by atoms with van der Waals surface area (Å²) in [5.41, 5.74) is 9.32. The van der Waals surface area contributed by atoms with Crippen LogP contribution in [0.25, 0.3) is 44.2 Å². The van der Waals surface area contributed by atoms with Gasteiger partial charge in [0.05, 0.1) is 0 Å². The number of benzene rings is 4. The first-order chi connectivity index (χ1) is 13.2. The van der Waals surface area contributed by atoms with Crippen molar-refractivity contribution in [2.45, 2.75) is 13.8 Å². The number of aryl methyl sites for hydroxylation is 2. The van der Waals surface area contributed by atoms with Crippen molar-refractivity contribution in [3.05, 3.63) is 96.1 Å². The Labute approximate surface area is 158 Å². The number of furan rings is 1. The molecule has 0 saturated carbocycles.